The van der Waals surface area contributed by atoms with Crippen molar-refractivity contribution in [2.75, 3.05) is 43.9 Å². The molecule has 4 aromatic heterocycles. The largest absolute Gasteiger partial charge is 0.357 e. The Kier molecular flexibility index (Phi) is 7.39. The molecule has 0 saturated carbocycles. The second kappa shape index (κ2) is 10.9. The molecule has 0 aliphatic carbocycles. The van der Waals surface area contributed by atoms with Gasteiger partial charge in [0.05, 0.1) is 28.6 Å². The van der Waals surface area contributed by atoms with Gasteiger partial charge in [0.1, 0.15) is 0 Å². The van der Waals surface area contributed by atoms with Gasteiger partial charge in [-0.05, 0) is 45.9 Å². The van der Waals surface area contributed by atoms with Gasteiger partial charge in [0, 0.05) is 68.5 Å². The zero-order valence-corrected chi connectivity index (χ0v) is 22.7. The quantitative estimate of drug-likeness (QED) is 0.325. The summed E-state index contributed by atoms with van der Waals surface area (Å²) in [4.78, 5) is 35.0. The van der Waals surface area contributed by atoms with E-state index in [0.29, 0.717) is 11.8 Å². The summed E-state index contributed by atoms with van der Waals surface area (Å²) in [6.45, 7) is 12.5. The van der Waals surface area contributed by atoms with Crippen molar-refractivity contribution in [3.63, 3.8) is 0 Å². The highest BCUT2D eigenvalue weighted by atomic mass is 16.2. The molecule has 1 aliphatic rings. The zero-order valence-electron chi connectivity index (χ0n) is 22.7. The van der Waals surface area contributed by atoms with Crippen LogP contribution in [-0.4, -0.2) is 84.7 Å². The zero-order chi connectivity index (χ0) is 26.8. The smallest absolute Gasteiger partial charge is 0.242 e. The Bertz CT molecular complexity index is 1430. The van der Waals surface area contributed by atoms with Gasteiger partial charge in [-0.2, -0.15) is 5.10 Å². The van der Waals surface area contributed by atoms with Crippen LogP contribution in [0.15, 0.2) is 30.9 Å². The topological polar surface area (TPSA) is 120 Å². The maximum atomic E-state index is 13.3. The van der Waals surface area contributed by atoms with E-state index in [2.05, 4.69) is 54.5 Å². The number of rotatable bonds is 8. The molecule has 5 rings (SSSR count). The highest BCUT2D eigenvalue weighted by Crippen LogP contribution is 2.33. The Morgan fingerprint density at radius 2 is 1.95 bits per heavy atom. The van der Waals surface area contributed by atoms with Gasteiger partial charge in [-0.15, -0.1) is 0 Å². The number of likely N-dealkylation sites (N-methyl/N-ethyl adjacent to an activating group) is 1. The minimum absolute atomic E-state index is 0.0269. The third kappa shape index (κ3) is 5.11. The lowest BCUT2D eigenvalue weighted by atomic mass is 10.1. The Morgan fingerprint density at radius 3 is 2.66 bits per heavy atom. The van der Waals surface area contributed by atoms with Crippen LogP contribution in [0.3, 0.4) is 0 Å². The van der Waals surface area contributed by atoms with Crippen LogP contribution < -0.4 is 10.6 Å². The number of anilines is 3. The molecule has 0 aromatic carbocycles. The average Bonchev–Trinajstić information content (AvgIpc) is 3.50. The fraction of sp³-hybridized carbons (Fsp3) is 0.444. The SMILES string of the molecule is CCC(C(=O)Nc1nccc2c(-c3nc(Nc4cn(CC)nc4C)ncc3C)c[nH]c12)N1CCN(C)CC1. The summed E-state index contributed by atoms with van der Waals surface area (Å²) in [6.07, 6.45) is 8.16. The van der Waals surface area contributed by atoms with E-state index in [4.69, 9.17) is 4.98 Å². The Morgan fingerprint density at radius 1 is 1.16 bits per heavy atom. The van der Waals surface area contributed by atoms with Crippen LogP contribution in [0, 0.1) is 13.8 Å². The highest BCUT2D eigenvalue weighted by molar-refractivity contribution is 6.05. The molecule has 1 aliphatic heterocycles. The first kappa shape index (κ1) is 25.8. The molecule has 4 aromatic rings. The van der Waals surface area contributed by atoms with Gasteiger partial charge in [-0.1, -0.05) is 6.92 Å². The molecule has 1 saturated heterocycles. The first-order chi connectivity index (χ1) is 18.4. The average molecular weight is 517 g/mol. The number of H-pyrrole nitrogens is 1. The monoisotopic (exact) mass is 516 g/mol. The van der Waals surface area contributed by atoms with Crippen molar-refractivity contribution in [1.82, 2.24) is 39.5 Å². The molecular weight excluding hydrogens is 480 g/mol. The van der Waals surface area contributed by atoms with Crippen molar-refractivity contribution < 1.29 is 4.79 Å². The van der Waals surface area contributed by atoms with Gasteiger partial charge in [0.2, 0.25) is 11.9 Å². The summed E-state index contributed by atoms with van der Waals surface area (Å²) in [5, 5.41) is 11.8. The first-order valence-electron chi connectivity index (χ1n) is 13.2. The molecule has 1 unspecified atom stereocenters. The number of piperazine rings is 1. The van der Waals surface area contributed by atoms with Gasteiger partial charge in [0.25, 0.3) is 0 Å². The van der Waals surface area contributed by atoms with Crippen LogP contribution in [0.4, 0.5) is 17.5 Å². The van der Waals surface area contributed by atoms with Crippen molar-refractivity contribution in [2.24, 2.45) is 0 Å². The number of aromatic amines is 1. The number of carbonyl (C=O) groups excluding carboxylic acids is 1. The molecule has 38 heavy (non-hydrogen) atoms. The normalized spacial score (nSPS) is 15.6. The number of carbonyl (C=O) groups is 1. The predicted molar refractivity (Wildman–Crippen MR) is 150 cm³/mol. The molecule has 1 fully saturated rings. The van der Waals surface area contributed by atoms with E-state index in [0.717, 1.165) is 78.2 Å². The maximum Gasteiger partial charge on any atom is 0.242 e. The third-order valence-corrected chi connectivity index (χ3v) is 7.26. The number of hydrogen-bond acceptors (Lipinski definition) is 8. The number of pyridine rings is 1. The van der Waals surface area contributed by atoms with Crippen LogP contribution in [0.5, 0.6) is 0 Å². The van der Waals surface area contributed by atoms with Crippen molar-refractivity contribution in [2.45, 2.75) is 46.7 Å². The highest BCUT2D eigenvalue weighted by Gasteiger charge is 2.27. The van der Waals surface area contributed by atoms with Crippen LogP contribution in [0.1, 0.15) is 31.5 Å². The number of nitrogens with one attached hydrogen (secondary N) is 3. The van der Waals surface area contributed by atoms with Crippen molar-refractivity contribution in [3.05, 3.63) is 42.1 Å². The number of aryl methyl sites for hydroxylation is 3. The van der Waals surface area contributed by atoms with Crippen LogP contribution >= 0.6 is 0 Å². The number of aromatic nitrogens is 6. The second-order valence-corrected chi connectivity index (χ2v) is 9.87. The lowest BCUT2D eigenvalue weighted by Crippen LogP contribution is -2.52. The van der Waals surface area contributed by atoms with E-state index < -0.39 is 0 Å². The van der Waals surface area contributed by atoms with Crippen molar-refractivity contribution in [3.8, 4) is 11.3 Å². The lowest BCUT2D eigenvalue weighted by molar-refractivity contribution is -0.122. The molecule has 1 amide bonds. The standard InChI is InChI=1S/C27H36N10O/c1-6-22(36-12-10-35(5)11-13-36)26(38)33-25-24-19(8-9-28-25)20(15-29-24)23-17(3)14-30-27(32-23)31-21-16-37(7-2)34-18(21)4/h8-9,14-16,22,29H,6-7,10-13H2,1-5H3,(H,28,33,38)(H,30,31,32). The van der Waals surface area contributed by atoms with Crippen LogP contribution in [0.2, 0.25) is 0 Å². The van der Waals surface area contributed by atoms with E-state index in [-0.39, 0.29) is 11.9 Å². The summed E-state index contributed by atoms with van der Waals surface area (Å²) >= 11 is 0. The van der Waals surface area contributed by atoms with Gasteiger partial charge >= 0.3 is 0 Å². The van der Waals surface area contributed by atoms with Crippen LogP contribution in [-0.2, 0) is 11.3 Å². The molecule has 11 heteroatoms. The molecule has 1 atom stereocenters. The molecular formula is C27H36N10O. The molecule has 11 nitrogen and oxygen atoms in total. The van der Waals surface area contributed by atoms with E-state index >= 15 is 0 Å². The molecule has 0 spiro atoms. The minimum Gasteiger partial charge on any atom is -0.357 e. The van der Waals surface area contributed by atoms with E-state index in [1.54, 1.807) is 6.20 Å². The third-order valence-electron chi connectivity index (χ3n) is 7.26. The lowest BCUT2D eigenvalue weighted by Gasteiger charge is -2.36. The number of nitrogens with zero attached hydrogens (tertiary/aromatic N) is 7. The summed E-state index contributed by atoms with van der Waals surface area (Å²) in [5.74, 6) is 0.999. The fourth-order valence-electron chi connectivity index (χ4n) is 4.99. The minimum atomic E-state index is -0.187. The predicted octanol–water partition coefficient (Wildman–Crippen LogP) is 3.56. The Labute approximate surface area is 222 Å². The van der Waals surface area contributed by atoms with E-state index in [1.807, 2.05) is 50.1 Å². The Hall–Kier alpha value is -3.83. The summed E-state index contributed by atoms with van der Waals surface area (Å²) in [6, 6.07) is 1.76. The molecule has 3 N–H and O–H groups in total. The molecule has 5 heterocycles. The number of hydrogen-bond donors (Lipinski definition) is 3. The van der Waals surface area contributed by atoms with E-state index in [1.165, 1.54) is 0 Å². The molecule has 0 radical (unpaired) electrons. The van der Waals surface area contributed by atoms with Crippen molar-refractivity contribution in [1.29, 1.82) is 0 Å². The van der Waals surface area contributed by atoms with Gasteiger partial charge in [-0.25, -0.2) is 15.0 Å². The molecule has 200 valence electrons. The van der Waals surface area contributed by atoms with E-state index in [9.17, 15) is 4.79 Å². The maximum absolute atomic E-state index is 13.3. The second-order valence-electron chi connectivity index (χ2n) is 9.87. The molecule has 0 bridgehead atoms. The first-order valence-corrected chi connectivity index (χ1v) is 13.2. The van der Waals surface area contributed by atoms with Gasteiger partial charge < -0.3 is 20.5 Å². The number of amides is 1. The van der Waals surface area contributed by atoms with Crippen LogP contribution in [0.25, 0.3) is 22.2 Å². The number of fused-ring (bicyclic) bond motifs is 1. The van der Waals surface area contributed by atoms with Gasteiger partial charge in [-0.3, -0.25) is 14.4 Å². The Balaban J connectivity index is 1.41. The van der Waals surface area contributed by atoms with Gasteiger partial charge in [0.15, 0.2) is 5.82 Å². The summed E-state index contributed by atoms with van der Waals surface area (Å²) < 4.78 is 1.88. The summed E-state index contributed by atoms with van der Waals surface area (Å²) in [7, 11) is 2.12. The van der Waals surface area contributed by atoms with Crippen molar-refractivity contribution >= 4 is 34.3 Å². The summed E-state index contributed by atoms with van der Waals surface area (Å²) in [5.41, 5.74) is 5.21. The fourth-order valence-corrected chi connectivity index (χ4v) is 4.99.